The molecule has 30 heavy (non-hydrogen) atoms. The minimum absolute atomic E-state index is 0.267. The van der Waals surface area contributed by atoms with Crippen LogP contribution in [0, 0.1) is 0 Å². The molecule has 152 valence electrons. The number of carbonyl (C=O) groups is 2. The zero-order chi connectivity index (χ0) is 21.1. The largest absolute Gasteiger partial charge is 0.372 e. The Kier molecular flexibility index (Phi) is 6.06. The van der Waals surface area contributed by atoms with Gasteiger partial charge in [-0.3, -0.25) is 9.59 Å². The summed E-state index contributed by atoms with van der Waals surface area (Å²) in [5.74, 6) is -0.538. The van der Waals surface area contributed by atoms with Crippen molar-refractivity contribution in [1.82, 2.24) is 0 Å². The van der Waals surface area contributed by atoms with Gasteiger partial charge in [0.05, 0.1) is 16.2 Å². The molecular weight excluding hydrogens is 412 g/mol. The number of nitrogens with zero attached hydrogens (tertiary/aromatic N) is 2. The molecule has 0 N–H and O–H groups in total. The molecule has 0 unspecified atom stereocenters. The summed E-state index contributed by atoms with van der Waals surface area (Å²) >= 11 is 2.82. The Bertz CT molecular complexity index is 1070. The number of carbonyl (C=O) groups excluding carboxylic acids is 2. The standard InChI is InChI=1S/C24H22N2O2S2/c1-3-25(4-2)17-12-14-18(15-13-17)26-23(27)21(20-11-8-16-29-20)22(24(26)28)30-19-9-6-5-7-10-19/h5-16H,3-4H2,1-2H3. The predicted molar refractivity (Wildman–Crippen MR) is 126 cm³/mol. The number of thiophene rings is 1. The summed E-state index contributed by atoms with van der Waals surface area (Å²) in [4.78, 5) is 32.5. The fraction of sp³-hybridized carbons (Fsp3) is 0.167. The number of hydrogen-bond acceptors (Lipinski definition) is 5. The highest BCUT2D eigenvalue weighted by atomic mass is 32.2. The molecule has 3 aromatic rings. The highest BCUT2D eigenvalue weighted by Gasteiger charge is 2.40. The Morgan fingerprint density at radius 2 is 1.57 bits per heavy atom. The fourth-order valence-corrected chi connectivity index (χ4v) is 5.32. The van der Waals surface area contributed by atoms with Gasteiger partial charge in [-0.1, -0.05) is 36.0 Å². The van der Waals surface area contributed by atoms with Crippen LogP contribution < -0.4 is 9.80 Å². The van der Waals surface area contributed by atoms with Gasteiger partial charge in [-0.05, 0) is 61.7 Å². The molecule has 0 saturated carbocycles. The van der Waals surface area contributed by atoms with Crippen LogP contribution >= 0.6 is 23.1 Å². The second kappa shape index (κ2) is 8.90. The molecule has 0 radical (unpaired) electrons. The van der Waals surface area contributed by atoms with Crippen molar-refractivity contribution >= 4 is 51.9 Å². The molecule has 0 fully saturated rings. The first-order chi connectivity index (χ1) is 14.6. The van der Waals surface area contributed by atoms with Crippen molar-refractivity contribution in [3.8, 4) is 0 Å². The summed E-state index contributed by atoms with van der Waals surface area (Å²) in [5.41, 5.74) is 2.16. The third kappa shape index (κ3) is 3.80. The van der Waals surface area contributed by atoms with E-state index in [9.17, 15) is 9.59 Å². The van der Waals surface area contributed by atoms with Crippen molar-refractivity contribution in [3.63, 3.8) is 0 Å². The van der Waals surface area contributed by atoms with Crippen LogP contribution in [0.25, 0.3) is 5.57 Å². The lowest BCUT2D eigenvalue weighted by molar-refractivity contribution is -0.119. The maximum absolute atomic E-state index is 13.4. The summed E-state index contributed by atoms with van der Waals surface area (Å²) in [6, 6.07) is 21.1. The van der Waals surface area contributed by atoms with Crippen LogP contribution in [0.2, 0.25) is 0 Å². The Labute approximate surface area is 184 Å². The van der Waals surface area contributed by atoms with Crippen molar-refractivity contribution in [2.75, 3.05) is 22.9 Å². The van der Waals surface area contributed by atoms with Crippen molar-refractivity contribution in [3.05, 3.63) is 81.9 Å². The molecule has 4 rings (SSSR count). The molecule has 2 amide bonds. The second-order valence-corrected chi connectivity index (χ2v) is 8.76. The number of benzene rings is 2. The number of anilines is 2. The van der Waals surface area contributed by atoms with Crippen molar-refractivity contribution in [1.29, 1.82) is 0 Å². The van der Waals surface area contributed by atoms with Gasteiger partial charge in [0.15, 0.2) is 0 Å². The number of imide groups is 1. The summed E-state index contributed by atoms with van der Waals surface area (Å²) < 4.78 is 0. The monoisotopic (exact) mass is 434 g/mol. The zero-order valence-electron chi connectivity index (χ0n) is 16.9. The Balaban J connectivity index is 1.71. The molecule has 0 bridgehead atoms. The van der Waals surface area contributed by atoms with E-state index in [0.29, 0.717) is 16.2 Å². The molecule has 2 aromatic carbocycles. The van der Waals surface area contributed by atoms with Crippen LogP contribution in [-0.4, -0.2) is 24.9 Å². The van der Waals surface area contributed by atoms with Gasteiger partial charge in [0, 0.05) is 28.5 Å². The third-order valence-corrected chi connectivity index (χ3v) is 6.99. The zero-order valence-corrected chi connectivity index (χ0v) is 18.5. The topological polar surface area (TPSA) is 40.6 Å². The van der Waals surface area contributed by atoms with Crippen molar-refractivity contribution < 1.29 is 9.59 Å². The van der Waals surface area contributed by atoms with E-state index in [1.54, 1.807) is 0 Å². The minimum Gasteiger partial charge on any atom is -0.372 e. The van der Waals surface area contributed by atoms with Crippen LogP contribution in [0.5, 0.6) is 0 Å². The highest BCUT2D eigenvalue weighted by Crippen LogP contribution is 2.42. The van der Waals surface area contributed by atoms with E-state index in [-0.39, 0.29) is 11.8 Å². The molecule has 4 nitrogen and oxygen atoms in total. The summed E-state index contributed by atoms with van der Waals surface area (Å²) in [5, 5.41) is 1.92. The molecule has 1 aliphatic rings. The SMILES string of the molecule is CCN(CC)c1ccc(N2C(=O)C(Sc3ccccc3)=C(c3cccs3)C2=O)cc1. The molecular formula is C24H22N2O2S2. The van der Waals surface area contributed by atoms with E-state index in [4.69, 9.17) is 0 Å². The molecule has 2 heterocycles. The lowest BCUT2D eigenvalue weighted by atomic mass is 10.2. The highest BCUT2D eigenvalue weighted by molar-refractivity contribution is 8.04. The molecule has 0 aliphatic carbocycles. The number of thioether (sulfide) groups is 1. The van der Waals surface area contributed by atoms with Crippen LogP contribution in [0.4, 0.5) is 11.4 Å². The molecule has 1 aliphatic heterocycles. The van der Waals surface area contributed by atoms with Gasteiger partial charge < -0.3 is 4.90 Å². The van der Waals surface area contributed by atoms with Crippen molar-refractivity contribution in [2.24, 2.45) is 0 Å². The maximum Gasteiger partial charge on any atom is 0.272 e. The predicted octanol–water partition coefficient (Wildman–Crippen LogP) is 5.67. The van der Waals surface area contributed by atoms with Gasteiger partial charge in [-0.25, -0.2) is 4.90 Å². The molecule has 1 aromatic heterocycles. The number of hydrogen-bond donors (Lipinski definition) is 0. The normalized spacial score (nSPS) is 14.0. The quantitative estimate of drug-likeness (QED) is 0.449. The van der Waals surface area contributed by atoms with E-state index in [2.05, 4.69) is 18.7 Å². The van der Waals surface area contributed by atoms with Gasteiger partial charge in [0.2, 0.25) is 0 Å². The third-order valence-electron chi connectivity index (χ3n) is 5.01. The first-order valence-electron chi connectivity index (χ1n) is 9.88. The van der Waals surface area contributed by atoms with Gasteiger partial charge in [0.1, 0.15) is 0 Å². The van der Waals surface area contributed by atoms with Crippen LogP contribution in [-0.2, 0) is 9.59 Å². The van der Waals surface area contributed by atoms with Crippen LogP contribution in [0.3, 0.4) is 0 Å². The number of amides is 2. The van der Waals surface area contributed by atoms with Crippen molar-refractivity contribution in [2.45, 2.75) is 18.7 Å². The van der Waals surface area contributed by atoms with E-state index in [1.807, 2.05) is 72.1 Å². The molecule has 0 saturated heterocycles. The lowest BCUT2D eigenvalue weighted by Crippen LogP contribution is -2.31. The van der Waals surface area contributed by atoms with Gasteiger partial charge in [-0.15, -0.1) is 11.3 Å². The van der Waals surface area contributed by atoms with Crippen LogP contribution in [0.15, 0.2) is 81.9 Å². The Hall–Kier alpha value is -2.83. The van der Waals surface area contributed by atoms with Gasteiger partial charge in [0.25, 0.3) is 11.8 Å². The lowest BCUT2D eigenvalue weighted by Gasteiger charge is -2.22. The fourth-order valence-electron chi connectivity index (χ4n) is 3.48. The first kappa shape index (κ1) is 20.4. The second-order valence-electron chi connectivity index (χ2n) is 6.73. The molecule has 0 atom stereocenters. The minimum atomic E-state index is -0.271. The average Bonchev–Trinajstić information content (AvgIpc) is 3.37. The van der Waals surface area contributed by atoms with E-state index >= 15 is 0 Å². The maximum atomic E-state index is 13.4. The van der Waals surface area contributed by atoms with E-state index in [0.717, 1.165) is 28.5 Å². The first-order valence-corrected chi connectivity index (χ1v) is 11.6. The summed E-state index contributed by atoms with van der Waals surface area (Å²) in [6.07, 6.45) is 0. The molecule has 6 heteroatoms. The van der Waals surface area contributed by atoms with E-state index < -0.39 is 0 Å². The number of rotatable bonds is 7. The van der Waals surface area contributed by atoms with Gasteiger partial charge >= 0.3 is 0 Å². The average molecular weight is 435 g/mol. The summed E-state index contributed by atoms with van der Waals surface area (Å²) in [6.45, 7) is 6.02. The molecule has 0 spiro atoms. The van der Waals surface area contributed by atoms with Gasteiger partial charge in [-0.2, -0.15) is 0 Å². The Morgan fingerprint density at radius 3 is 2.17 bits per heavy atom. The van der Waals surface area contributed by atoms with Crippen LogP contribution in [0.1, 0.15) is 18.7 Å². The van der Waals surface area contributed by atoms with E-state index in [1.165, 1.54) is 28.0 Å². The smallest absolute Gasteiger partial charge is 0.272 e. The summed E-state index contributed by atoms with van der Waals surface area (Å²) in [7, 11) is 0. The Morgan fingerprint density at radius 1 is 0.867 bits per heavy atom.